The third kappa shape index (κ3) is 4.46. The van der Waals surface area contributed by atoms with Gasteiger partial charge in [0.05, 0.1) is 5.69 Å². The molecule has 6 rings (SSSR count). The van der Waals surface area contributed by atoms with Gasteiger partial charge in [0.2, 0.25) is 0 Å². The molecule has 0 atom stereocenters. The standard InChI is InChI=1S/C35H35NS2/c1-20(2)14-28-22(4)38-33-18-24(12-13-27(28)33)29-19-32(36-34-30(29)15-21(3)37-34)25-16-23-10-8-9-11-26(23)31(17-25)35(5,6)7/h8-13,15-20H,14H2,1-7H3. The van der Waals surface area contributed by atoms with Gasteiger partial charge in [0.15, 0.2) is 0 Å². The van der Waals surface area contributed by atoms with Crippen molar-refractivity contribution in [1.29, 1.82) is 0 Å². The number of hydrogen-bond donors (Lipinski definition) is 0. The van der Waals surface area contributed by atoms with Crippen molar-refractivity contribution in [2.24, 2.45) is 5.92 Å². The lowest BCUT2D eigenvalue weighted by molar-refractivity contribution is 0.596. The van der Waals surface area contributed by atoms with E-state index in [0.717, 1.165) is 16.9 Å². The van der Waals surface area contributed by atoms with Gasteiger partial charge >= 0.3 is 0 Å². The minimum absolute atomic E-state index is 0.0395. The van der Waals surface area contributed by atoms with Gasteiger partial charge in [-0.3, -0.25) is 0 Å². The van der Waals surface area contributed by atoms with E-state index in [1.807, 2.05) is 11.3 Å². The summed E-state index contributed by atoms with van der Waals surface area (Å²) in [5.74, 6) is 0.655. The highest BCUT2D eigenvalue weighted by atomic mass is 32.1. The van der Waals surface area contributed by atoms with Crippen LogP contribution in [-0.2, 0) is 11.8 Å². The Kier molecular flexibility index (Phi) is 6.20. The van der Waals surface area contributed by atoms with Crippen molar-refractivity contribution in [2.45, 2.75) is 60.3 Å². The number of aryl methyl sites for hydroxylation is 2. The Bertz CT molecular complexity index is 1820. The quantitative estimate of drug-likeness (QED) is 0.220. The number of pyridine rings is 1. The minimum atomic E-state index is 0.0395. The van der Waals surface area contributed by atoms with Crippen molar-refractivity contribution in [3.05, 3.63) is 87.6 Å². The summed E-state index contributed by atoms with van der Waals surface area (Å²) in [7, 11) is 0. The van der Waals surface area contributed by atoms with Gasteiger partial charge in [-0.05, 0) is 100 Å². The zero-order valence-electron chi connectivity index (χ0n) is 23.4. The van der Waals surface area contributed by atoms with Crippen LogP contribution in [0.25, 0.3) is 53.5 Å². The van der Waals surface area contributed by atoms with E-state index >= 15 is 0 Å². The van der Waals surface area contributed by atoms with E-state index in [4.69, 9.17) is 4.98 Å². The van der Waals surface area contributed by atoms with E-state index in [-0.39, 0.29) is 5.41 Å². The number of benzene rings is 3. The lowest BCUT2D eigenvalue weighted by Gasteiger charge is -2.23. The molecule has 0 amide bonds. The van der Waals surface area contributed by atoms with Crippen molar-refractivity contribution < 1.29 is 0 Å². The minimum Gasteiger partial charge on any atom is -0.237 e. The third-order valence-corrected chi connectivity index (χ3v) is 9.57. The van der Waals surface area contributed by atoms with Gasteiger partial charge in [-0.15, -0.1) is 22.7 Å². The fourth-order valence-electron chi connectivity index (χ4n) is 5.70. The van der Waals surface area contributed by atoms with Crippen LogP contribution in [0.2, 0.25) is 0 Å². The smallest absolute Gasteiger partial charge is 0.124 e. The number of hydrogen-bond acceptors (Lipinski definition) is 3. The van der Waals surface area contributed by atoms with Crippen LogP contribution in [0.4, 0.5) is 0 Å². The molecule has 38 heavy (non-hydrogen) atoms. The summed E-state index contributed by atoms with van der Waals surface area (Å²) in [6.45, 7) is 16.0. The predicted octanol–water partition coefficient (Wildman–Crippen LogP) is 11.1. The molecule has 0 aliphatic rings. The molecule has 3 aromatic carbocycles. The largest absolute Gasteiger partial charge is 0.237 e. The van der Waals surface area contributed by atoms with Crippen molar-refractivity contribution >= 4 is 53.7 Å². The first-order chi connectivity index (χ1) is 18.1. The fourth-order valence-corrected chi connectivity index (χ4v) is 7.74. The highest BCUT2D eigenvalue weighted by Gasteiger charge is 2.20. The lowest BCUT2D eigenvalue weighted by atomic mass is 9.82. The molecule has 0 saturated carbocycles. The van der Waals surface area contributed by atoms with Crippen LogP contribution in [0.15, 0.2) is 66.7 Å². The molecule has 3 heteroatoms. The van der Waals surface area contributed by atoms with Crippen LogP contribution in [0.5, 0.6) is 0 Å². The Morgan fingerprint density at radius 3 is 2.34 bits per heavy atom. The van der Waals surface area contributed by atoms with Crippen LogP contribution < -0.4 is 0 Å². The first-order valence-corrected chi connectivity index (χ1v) is 15.2. The molecule has 0 aliphatic carbocycles. The first kappa shape index (κ1) is 25.3. The van der Waals surface area contributed by atoms with Crippen molar-refractivity contribution in [2.75, 3.05) is 0 Å². The molecule has 0 fully saturated rings. The van der Waals surface area contributed by atoms with E-state index in [1.165, 1.54) is 63.8 Å². The Morgan fingerprint density at radius 2 is 1.58 bits per heavy atom. The SMILES string of the molecule is Cc1cc2c(-c3ccc4c(CC(C)C)c(C)sc4c3)cc(-c3cc(C(C)(C)C)c4ccccc4c3)nc2s1. The Morgan fingerprint density at radius 1 is 0.789 bits per heavy atom. The summed E-state index contributed by atoms with van der Waals surface area (Å²) in [5.41, 5.74) is 7.71. The van der Waals surface area contributed by atoms with Gasteiger partial charge in [0.1, 0.15) is 4.83 Å². The highest BCUT2D eigenvalue weighted by Crippen LogP contribution is 2.41. The normalized spacial score (nSPS) is 12.4. The maximum absolute atomic E-state index is 5.22. The van der Waals surface area contributed by atoms with Gasteiger partial charge < -0.3 is 0 Å². The zero-order chi connectivity index (χ0) is 26.8. The van der Waals surface area contributed by atoms with E-state index in [0.29, 0.717) is 5.92 Å². The van der Waals surface area contributed by atoms with E-state index < -0.39 is 0 Å². The van der Waals surface area contributed by atoms with Crippen LogP contribution in [-0.4, -0.2) is 4.98 Å². The molecule has 0 bridgehead atoms. The van der Waals surface area contributed by atoms with Crippen LogP contribution in [0.1, 0.15) is 55.5 Å². The molecule has 0 aliphatic heterocycles. The molecular formula is C35H35NS2. The first-order valence-electron chi connectivity index (χ1n) is 13.6. The second kappa shape index (κ2) is 9.32. The summed E-state index contributed by atoms with van der Waals surface area (Å²) < 4.78 is 1.38. The molecule has 0 N–H and O–H groups in total. The average Bonchev–Trinajstić information content (AvgIpc) is 3.39. The van der Waals surface area contributed by atoms with Gasteiger partial charge in [-0.1, -0.05) is 71.0 Å². The second-order valence-electron chi connectivity index (χ2n) is 12.1. The fraction of sp³-hybridized carbons (Fsp3) is 0.286. The predicted molar refractivity (Wildman–Crippen MR) is 170 cm³/mol. The second-order valence-corrected chi connectivity index (χ2v) is 14.6. The van der Waals surface area contributed by atoms with Crippen LogP contribution in [0, 0.1) is 19.8 Å². The summed E-state index contributed by atoms with van der Waals surface area (Å²) >= 11 is 3.73. The lowest BCUT2D eigenvalue weighted by Crippen LogP contribution is -2.12. The summed E-state index contributed by atoms with van der Waals surface area (Å²) in [6, 6.07) is 25.1. The van der Waals surface area contributed by atoms with E-state index in [1.54, 1.807) is 11.3 Å². The third-order valence-electron chi connectivity index (χ3n) is 7.51. The molecule has 1 nitrogen and oxygen atoms in total. The van der Waals surface area contributed by atoms with Gasteiger partial charge in [0, 0.05) is 25.4 Å². The van der Waals surface area contributed by atoms with Crippen LogP contribution >= 0.6 is 22.7 Å². The molecule has 192 valence electrons. The molecule has 6 aromatic rings. The van der Waals surface area contributed by atoms with Crippen molar-refractivity contribution in [3.63, 3.8) is 0 Å². The molecule has 0 saturated heterocycles. The molecule has 0 spiro atoms. The number of aromatic nitrogens is 1. The zero-order valence-corrected chi connectivity index (χ0v) is 25.0. The van der Waals surface area contributed by atoms with Crippen molar-refractivity contribution in [3.8, 4) is 22.4 Å². The highest BCUT2D eigenvalue weighted by molar-refractivity contribution is 7.19. The average molecular weight is 534 g/mol. The number of fused-ring (bicyclic) bond motifs is 3. The number of nitrogens with zero attached hydrogens (tertiary/aromatic N) is 1. The Hall–Kier alpha value is -3.01. The van der Waals surface area contributed by atoms with Crippen molar-refractivity contribution in [1.82, 2.24) is 4.98 Å². The number of rotatable bonds is 4. The maximum atomic E-state index is 5.22. The maximum Gasteiger partial charge on any atom is 0.124 e. The molecule has 3 aromatic heterocycles. The summed E-state index contributed by atoms with van der Waals surface area (Å²) in [6.07, 6.45) is 1.14. The molecule has 3 heterocycles. The van der Waals surface area contributed by atoms with Gasteiger partial charge in [-0.25, -0.2) is 4.98 Å². The van der Waals surface area contributed by atoms with Gasteiger partial charge in [0.25, 0.3) is 0 Å². The molecular weight excluding hydrogens is 499 g/mol. The Labute approximate surface area is 234 Å². The monoisotopic (exact) mass is 533 g/mol. The van der Waals surface area contributed by atoms with Gasteiger partial charge in [-0.2, -0.15) is 0 Å². The number of thiophene rings is 2. The molecule has 0 radical (unpaired) electrons. The molecule has 0 unspecified atom stereocenters. The van der Waals surface area contributed by atoms with E-state index in [9.17, 15) is 0 Å². The van der Waals surface area contributed by atoms with E-state index in [2.05, 4.69) is 115 Å². The summed E-state index contributed by atoms with van der Waals surface area (Å²) in [5, 5.41) is 5.27. The summed E-state index contributed by atoms with van der Waals surface area (Å²) in [4.78, 5) is 9.08. The Balaban J connectivity index is 1.57. The van der Waals surface area contributed by atoms with Crippen LogP contribution in [0.3, 0.4) is 0 Å². The topological polar surface area (TPSA) is 12.9 Å².